The summed E-state index contributed by atoms with van der Waals surface area (Å²) < 4.78 is 31.2. The average Bonchev–Trinajstić information content (AvgIpc) is 3.32. The lowest BCUT2D eigenvalue weighted by molar-refractivity contribution is -0.228. The molecule has 0 amide bonds. The second kappa shape index (κ2) is 7.67. The van der Waals surface area contributed by atoms with Crippen LogP contribution in [0.5, 0.6) is 0 Å². The van der Waals surface area contributed by atoms with Crippen molar-refractivity contribution in [2.75, 3.05) is 14.2 Å². The van der Waals surface area contributed by atoms with Crippen LogP contribution in [-0.4, -0.2) is 61.8 Å². The first-order valence-corrected chi connectivity index (χ1v) is 14.4. The summed E-state index contributed by atoms with van der Waals surface area (Å²) in [7, 11) is 3.48. The highest BCUT2D eigenvalue weighted by atomic mass is 16.7. The molecule has 7 nitrogen and oxygen atoms in total. The Balaban J connectivity index is 1.24. The monoisotopic (exact) mass is 514 g/mol. The summed E-state index contributed by atoms with van der Waals surface area (Å²) in [6, 6.07) is 0. The van der Waals surface area contributed by atoms with Crippen molar-refractivity contribution >= 4 is 11.8 Å². The molecule has 2 spiro atoms. The van der Waals surface area contributed by atoms with Crippen molar-refractivity contribution in [3.63, 3.8) is 0 Å². The fourth-order valence-electron chi connectivity index (χ4n) is 10.8. The zero-order chi connectivity index (χ0) is 26.1. The largest absolute Gasteiger partial charge is 0.456 e. The fourth-order valence-corrected chi connectivity index (χ4v) is 10.8. The van der Waals surface area contributed by atoms with Gasteiger partial charge < -0.3 is 23.7 Å². The van der Waals surface area contributed by atoms with E-state index in [2.05, 4.69) is 13.8 Å². The van der Waals surface area contributed by atoms with Gasteiger partial charge in [0.15, 0.2) is 6.29 Å². The Bertz CT molecular complexity index is 1080. The van der Waals surface area contributed by atoms with E-state index in [1.165, 1.54) is 0 Å². The first kappa shape index (κ1) is 24.7. The molecule has 7 aliphatic rings. The number of hydrogen-bond donors (Lipinski definition) is 0. The van der Waals surface area contributed by atoms with Crippen molar-refractivity contribution in [2.45, 2.75) is 115 Å². The third kappa shape index (κ3) is 2.78. The number of epoxide rings is 1. The van der Waals surface area contributed by atoms with Crippen molar-refractivity contribution in [3.05, 3.63) is 11.1 Å². The van der Waals surface area contributed by atoms with Gasteiger partial charge in [0.05, 0.1) is 17.6 Å². The number of cyclic esters (lactones) is 1. The van der Waals surface area contributed by atoms with E-state index >= 15 is 0 Å². The van der Waals surface area contributed by atoms with E-state index in [9.17, 15) is 9.59 Å². The highest BCUT2D eigenvalue weighted by molar-refractivity contribution is 5.90. The van der Waals surface area contributed by atoms with Crippen LogP contribution in [0.3, 0.4) is 0 Å². The number of carbonyl (C=O) groups is 2. The Morgan fingerprint density at radius 3 is 2.41 bits per heavy atom. The van der Waals surface area contributed by atoms with Gasteiger partial charge in [0.1, 0.15) is 23.1 Å². The molecular weight excluding hydrogens is 472 g/mol. The topological polar surface area (TPSA) is 83.6 Å². The van der Waals surface area contributed by atoms with E-state index in [4.69, 9.17) is 23.7 Å². The Morgan fingerprint density at radius 1 is 0.919 bits per heavy atom. The number of Topliss-reactive ketones (excluding diaryl/α,β-unsaturated/α-hetero) is 1. The minimum atomic E-state index is -0.593. The minimum Gasteiger partial charge on any atom is -0.456 e. The van der Waals surface area contributed by atoms with Crippen molar-refractivity contribution in [1.29, 1.82) is 0 Å². The molecule has 0 unspecified atom stereocenters. The zero-order valence-corrected chi connectivity index (χ0v) is 23.1. The molecule has 0 aromatic heterocycles. The Hall–Kier alpha value is -1.28. The lowest BCUT2D eigenvalue weighted by atomic mass is 9.43. The van der Waals surface area contributed by atoms with E-state index < -0.39 is 11.0 Å². The molecule has 37 heavy (non-hydrogen) atoms. The maximum Gasteiger partial charge on any atom is 0.334 e. The third-order valence-corrected chi connectivity index (χ3v) is 12.8. The second-order valence-corrected chi connectivity index (χ2v) is 13.7. The van der Waals surface area contributed by atoms with Gasteiger partial charge in [-0.15, -0.1) is 0 Å². The lowest BCUT2D eigenvalue weighted by Gasteiger charge is -2.58. The minimum absolute atomic E-state index is 0.0333. The number of fused-ring (bicyclic) bond motifs is 3. The third-order valence-electron chi connectivity index (χ3n) is 12.8. The quantitative estimate of drug-likeness (QED) is 0.409. The van der Waals surface area contributed by atoms with Gasteiger partial charge in [-0.2, -0.15) is 0 Å². The number of ketones is 1. The van der Waals surface area contributed by atoms with E-state index in [-0.39, 0.29) is 47.5 Å². The van der Waals surface area contributed by atoms with Gasteiger partial charge in [-0.3, -0.25) is 4.79 Å². The molecule has 0 aromatic rings. The fraction of sp³-hybridized carbons (Fsp3) is 0.867. The van der Waals surface area contributed by atoms with Crippen LogP contribution in [-0.2, 0) is 33.3 Å². The van der Waals surface area contributed by atoms with Gasteiger partial charge in [-0.05, 0) is 77.6 Å². The van der Waals surface area contributed by atoms with Gasteiger partial charge in [-0.25, -0.2) is 4.79 Å². The molecule has 12 atom stereocenters. The molecule has 0 N–H and O–H groups in total. The summed E-state index contributed by atoms with van der Waals surface area (Å²) in [6.07, 6.45) is 6.60. The van der Waals surface area contributed by atoms with Crippen molar-refractivity contribution in [2.24, 2.45) is 34.5 Å². The van der Waals surface area contributed by atoms with Gasteiger partial charge >= 0.3 is 5.97 Å². The van der Waals surface area contributed by atoms with Gasteiger partial charge in [0.25, 0.3) is 0 Å². The Morgan fingerprint density at radius 2 is 1.70 bits per heavy atom. The molecular formula is C30H42O7. The maximum absolute atomic E-state index is 13.8. The smallest absolute Gasteiger partial charge is 0.334 e. The summed E-state index contributed by atoms with van der Waals surface area (Å²) in [5.74, 6) is 1.49. The van der Waals surface area contributed by atoms with Crippen LogP contribution in [0, 0.1) is 34.5 Å². The predicted octanol–water partition coefficient (Wildman–Crippen LogP) is 4.36. The molecule has 4 aliphatic carbocycles. The van der Waals surface area contributed by atoms with E-state index in [1.807, 2.05) is 13.8 Å². The summed E-state index contributed by atoms with van der Waals surface area (Å²) in [4.78, 5) is 26.5. The molecule has 0 bridgehead atoms. The van der Waals surface area contributed by atoms with Crippen LogP contribution in [0.4, 0.5) is 0 Å². The molecule has 0 aromatic carbocycles. The summed E-state index contributed by atoms with van der Waals surface area (Å²) in [6.45, 7) is 8.26. The molecule has 3 aliphatic heterocycles. The second-order valence-electron chi connectivity index (χ2n) is 13.7. The van der Waals surface area contributed by atoms with Crippen molar-refractivity contribution in [3.8, 4) is 0 Å². The van der Waals surface area contributed by atoms with Crippen LogP contribution in [0.15, 0.2) is 11.1 Å². The van der Waals surface area contributed by atoms with E-state index in [0.29, 0.717) is 36.4 Å². The number of carbonyl (C=O) groups excluding carboxylic acids is 2. The molecule has 2 saturated heterocycles. The first-order valence-electron chi connectivity index (χ1n) is 14.4. The highest BCUT2D eigenvalue weighted by Gasteiger charge is 2.81. The zero-order valence-electron chi connectivity index (χ0n) is 23.1. The SMILES string of the molecule is CO[C@H]1CC(=O)[C@]2(C)[C@H]3CC[C@]45[C@H](OC)O[C@@](C)([C@H]6CC(C)=C(C)C(=O)O6)[C@H]4CC[C@H]5[C@@H]3C[C@H]3O[C@]32C1. The van der Waals surface area contributed by atoms with Gasteiger partial charge in [0, 0.05) is 50.4 Å². The highest BCUT2D eigenvalue weighted by Crippen LogP contribution is 2.76. The molecule has 6 fully saturated rings. The van der Waals surface area contributed by atoms with Crippen molar-refractivity contribution < 1.29 is 33.3 Å². The van der Waals surface area contributed by atoms with Crippen LogP contribution in [0.25, 0.3) is 0 Å². The van der Waals surface area contributed by atoms with E-state index in [1.54, 1.807) is 14.2 Å². The van der Waals surface area contributed by atoms with Gasteiger partial charge in [-0.1, -0.05) is 5.57 Å². The van der Waals surface area contributed by atoms with Gasteiger partial charge in [0.2, 0.25) is 0 Å². The van der Waals surface area contributed by atoms with Crippen LogP contribution < -0.4 is 0 Å². The molecule has 3 heterocycles. The van der Waals surface area contributed by atoms with Crippen molar-refractivity contribution in [1.82, 2.24) is 0 Å². The standard InChI is InChI=1S/C30H42O7/c1-15-11-23(35-25(32)16(15)2)28(4)21-8-7-20-18-13-24-30(36-24)14-17(33-5)12-22(31)27(30,3)19(18)9-10-29(20,21)26(34-6)37-28/h17-21,23-24,26H,7-14H2,1-6H3/t17-,18+,19-,20-,21+,23+,24+,26+,27-,28+,29+,30+/m0/s1. The number of hydrogen-bond acceptors (Lipinski definition) is 7. The molecule has 0 radical (unpaired) electrons. The summed E-state index contributed by atoms with van der Waals surface area (Å²) in [5.41, 5.74) is 0.304. The molecule has 7 heteroatoms. The Labute approximate surface area is 219 Å². The maximum atomic E-state index is 13.8. The molecule has 7 rings (SSSR count). The summed E-state index contributed by atoms with van der Waals surface area (Å²) >= 11 is 0. The molecule has 4 saturated carbocycles. The van der Waals surface area contributed by atoms with E-state index in [0.717, 1.165) is 49.7 Å². The molecule has 204 valence electrons. The predicted molar refractivity (Wildman–Crippen MR) is 133 cm³/mol. The summed E-state index contributed by atoms with van der Waals surface area (Å²) in [5, 5.41) is 0. The number of ether oxygens (including phenoxy) is 5. The van der Waals surface area contributed by atoms with Crippen LogP contribution in [0.1, 0.15) is 79.1 Å². The number of esters is 1. The normalized spacial score (nSPS) is 56.2. The Kier molecular flexibility index (Phi) is 5.13. The lowest BCUT2D eigenvalue weighted by Crippen LogP contribution is -2.63. The number of methoxy groups -OCH3 is 2. The van der Waals surface area contributed by atoms with Crippen LogP contribution in [0.2, 0.25) is 0 Å². The first-order chi connectivity index (χ1) is 17.6. The average molecular weight is 515 g/mol. The van der Waals surface area contributed by atoms with Crippen LogP contribution >= 0.6 is 0 Å². The number of rotatable bonds is 3.